The maximum Gasteiger partial charge on any atom is 0.191 e. The molecular formula is C17H24F2IN5. The van der Waals surface area contributed by atoms with Gasteiger partial charge in [-0.25, -0.2) is 8.78 Å². The number of aryl methyl sites for hydroxylation is 1. The number of benzene rings is 1. The molecular weight excluding hydrogens is 439 g/mol. The molecule has 0 aliphatic heterocycles. The number of aliphatic imine (C=N–C) groups is 1. The predicted octanol–water partition coefficient (Wildman–Crippen LogP) is 2.97. The summed E-state index contributed by atoms with van der Waals surface area (Å²) in [6, 6.07) is 5.46. The van der Waals surface area contributed by atoms with Gasteiger partial charge < -0.3 is 10.6 Å². The molecule has 2 aromatic rings. The molecule has 0 saturated heterocycles. The van der Waals surface area contributed by atoms with Crippen LogP contribution in [0.25, 0.3) is 0 Å². The minimum absolute atomic E-state index is 0. The highest BCUT2D eigenvalue weighted by Crippen LogP contribution is 2.08. The van der Waals surface area contributed by atoms with Crippen LogP contribution < -0.4 is 10.6 Å². The van der Waals surface area contributed by atoms with Gasteiger partial charge in [-0.1, -0.05) is 0 Å². The Morgan fingerprint density at radius 3 is 2.60 bits per heavy atom. The standard InChI is InChI=1S/C17H23F2N5.HI/c1-2-20-17(21-6-3-9-24-10-4-7-23-24)22-8-5-14-11-15(18)13-16(19)12-14;/h4,7,10-13H,2-3,5-6,8-9H2,1H3,(H2,20,21,22);1H. The van der Waals surface area contributed by atoms with Crippen molar-refractivity contribution in [2.24, 2.45) is 4.99 Å². The highest BCUT2D eigenvalue weighted by atomic mass is 127. The smallest absolute Gasteiger partial charge is 0.191 e. The molecule has 0 spiro atoms. The summed E-state index contributed by atoms with van der Waals surface area (Å²) in [6.45, 7) is 4.78. The first-order valence-corrected chi connectivity index (χ1v) is 8.12. The van der Waals surface area contributed by atoms with E-state index >= 15 is 0 Å². The SMILES string of the molecule is CCNC(=NCCCn1cccn1)NCCc1cc(F)cc(F)c1.I. The van der Waals surface area contributed by atoms with E-state index in [4.69, 9.17) is 0 Å². The monoisotopic (exact) mass is 463 g/mol. The molecule has 0 saturated carbocycles. The second-order valence-electron chi connectivity index (χ2n) is 5.34. The van der Waals surface area contributed by atoms with Crippen molar-refractivity contribution < 1.29 is 8.78 Å². The quantitative estimate of drug-likeness (QED) is 0.274. The topological polar surface area (TPSA) is 54.2 Å². The van der Waals surface area contributed by atoms with Crippen LogP contribution in [-0.4, -0.2) is 35.4 Å². The molecule has 0 radical (unpaired) electrons. The van der Waals surface area contributed by atoms with E-state index in [1.165, 1.54) is 12.1 Å². The zero-order valence-electron chi connectivity index (χ0n) is 14.2. The molecule has 0 aliphatic carbocycles. The summed E-state index contributed by atoms with van der Waals surface area (Å²) in [7, 11) is 0. The van der Waals surface area contributed by atoms with Gasteiger partial charge in [-0.3, -0.25) is 9.67 Å². The maximum absolute atomic E-state index is 13.2. The van der Waals surface area contributed by atoms with Crippen molar-refractivity contribution in [2.75, 3.05) is 19.6 Å². The van der Waals surface area contributed by atoms with Gasteiger partial charge in [-0.2, -0.15) is 5.10 Å². The van der Waals surface area contributed by atoms with Crippen molar-refractivity contribution in [3.63, 3.8) is 0 Å². The minimum atomic E-state index is -0.552. The van der Waals surface area contributed by atoms with Gasteiger partial charge in [0.05, 0.1) is 0 Å². The first kappa shape index (κ1) is 21.3. The third-order valence-corrected chi connectivity index (χ3v) is 3.35. The fourth-order valence-corrected chi connectivity index (χ4v) is 2.28. The number of nitrogens with zero attached hydrogens (tertiary/aromatic N) is 3. The van der Waals surface area contributed by atoms with E-state index < -0.39 is 11.6 Å². The third kappa shape index (κ3) is 8.28. The van der Waals surface area contributed by atoms with Crippen molar-refractivity contribution in [2.45, 2.75) is 26.3 Å². The highest BCUT2D eigenvalue weighted by Gasteiger charge is 2.02. The molecule has 1 aromatic carbocycles. The largest absolute Gasteiger partial charge is 0.357 e. The Kier molecular flexibility index (Phi) is 10.0. The van der Waals surface area contributed by atoms with Gasteiger partial charge in [0.25, 0.3) is 0 Å². The molecule has 2 N–H and O–H groups in total. The van der Waals surface area contributed by atoms with Gasteiger partial charge >= 0.3 is 0 Å². The Morgan fingerprint density at radius 2 is 1.96 bits per heavy atom. The number of hydrogen-bond acceptors (Lipinski definition) is 2. The lowest BCUT2D eigenvalue weighted by molar-refractivity contribution is 0.579. The highest BCUT2D eigenvalue weighted by molar-refractivity contribution is 14.0. The summed E-state index contributed by atoms with van der Waals surface area (Å²) in [5, 5.41) is 10.5. The summed E-state index contributed by atoms with van der Waals surface area (Å²) in [5.41, 5.74) is 0.620. The van der Waals surface area contributed by atoms with Crippen LogP contribution in [0.3, 0.4) is 0 Å². The van der Waals surface area contributed by atoms with E-state index in [2.05, 4.69) is 20.7 Å². The molecule has 5 nitrogen and oxygen atoms in total. The van der Waals surface area contributed by atoms with Crippen molar-refractivity contribution >= 4 is 29.9 Å². The first-order valence-electron chi connectivity index (χ1n) is 8.12. The average molecular weight is 463 g/mol. The molecule has 0 amide bonds. The second kappa shape index (κ2) is 11.8. The van der Waals surface area contributed by atoms with Crippen LogP contribution in [0.4, 0.5) is 8.78 Å². The van der Waals surface area contributed by atoms with E-state index in [9.17, 15) is 8.78 Å². The average Bonchev–Trinajstić information content (AvgIpc) is 3.04. The van der Waals surface area contributed by atoms with E-state index in [1.54, 1.807) is 6.20 Å². The van der Waals surface area contributed by atoms with Crippen LogP contribution in [0.2, 0.25) is 0 Å². The lowest BCUT2D eigenvalue weighted by Gasteiger charge is -2.11. The molecule has 0 bridgehead atoms. The van der Waals surface area contributed by atoms with Crippen LogP contribution in [0.15, 0.2) is 41.7 Å². The van der Waals surface area contributed by atoms with Crippen molar-refractivity contribution in [3.8, 4) is 0 Å². The zero-order chi connectivity index (χ0) is 17.2. The fraction of sp³-hybridized carbons (Fsp3) is 0.412. The van der Waals surface area contributed by atoms with Crippen molar-refractivity contribution in [3.05, 3.63) is 53.9 Å². The molecule has 0 atom stereocenters. The Labute approximate surface area is 163 Å². The van der Waals surface area contributed by atoms with Crippen LogP contribution in [-0.2, 0) is 13.0 Å². The molecule has 8 heteroatoms. The number of rotatable bonds is 8. The van der Waals surface area contributed by atoms with Crippen molar-refractivity contribution in [1.29, 1.82) is 0 Å². The van der Waals surface area contributed by atoms with Crippen LogP contribution in [0, 0.1) is 11.6 Å². The first-order chi connectivity index (χ1) is 11.7. The second-order valence-corrected chi connectivity index (χ2v) is 5.34. The molecule has 0 fully saturated rings. The molecule has 2 rings (SSSR count). The van der Waals surface area contributed by atoms with Crippen molar-refractivity contribution in [1.82, 2.24) is 20.4 Å². The molecule has 0 unspecified atom stereocenters. The zero-order valence-corrected chi connectivity index (χ0v) is 16.5. The molecule has 0 aliphatic rings. The van der Waals surface area contributed by atoms with Gasteiger partial charge in [0, 0.05) is 44.6 Å². The number of guanidine groups is 1. The Hall–Kier alpha value is -1.71. The molecule has 1 aromatic heterocycles. The summed E-state index contributed by atoms with van der Waals surface area (Å²) < 4.78 is 28.2. The Morgan fingerprint density at radius 1 is 1.20 bits per heavy atom. The van der Waals surface area contributed by atoms with Crippen LogP contribution >= 0.6 is 24.0 Å². The normalized spacial score (nSPS) is 11.1. The number of aromatic nitrogens is 2. The fourth-order valence-electron chi connectivity index (χ4n) is 2.28. The Bertz CT molecular complexity index is 626. The predicted molar refractivity (Wildman–Crippen MR) is 106 cm³/mol. The van der Waals surface area contributed by atoms with Gasteiger partial charge in [0.1, 0.15) is 11.6 Å². The molecule has 25 heavy (non-hydrogen) atoms. The minimum Gasteiger partial charge on any atom is -0.357 e. The van der Waals surface area contributed by atoms with E-state index in [0.717, 1.165) is 25.6 Å². The maximum atomic E-state index is 13.2. The lowest BCUT2D eigenvalue weighted by atomic mass is 10.1. The van der Waals surface area contributed by atoms with E-state index in [-0.39, 0.29) is 24.0 Å². The van der Waals surface area contributed by atoms with E-state index in [0.29, 0.717) is 31.0 Å². The molecule has 1 heterocycles. The Balaban J connectivity index is 0.00000312. The van der Waals surface area contributed by atoms with Crippen LogP contribution in [0.1, 0.15) is 18.9 Å². The number of hydrogen-bond donors (Lipinski definition) is 2. The third-order valence-electron chi connectivity index (χ3n) is 3.35. The summed E-state index contributed by atoms with van der Waals surface area (Å²) >= 11 is 0. The molecule has 138 valence electrons. The van der Waals surface area contributed by atoms with Gasteiger partial charge in [-0.05, 0) is 43.5 Å². The van der Waals surface area contributed by atoms with E-state index in [1.807, 2.05) is 23.9 Å². The summed E-state index contributed by atoms with van der Waals surface area (Å²) in [4.78, 5) is 4.48. The summed E-state index contributed by atoms with van der Waals surface area (Å²) in [6.07, 6.45) is 5.08. The van der Waals surface area contributed by atoms with Gasteiger partial charge in [0.15, 0.2) is 5.96 Å². The lowest BCUT2D eigenvalue weighted by Crippen LogP contribution is -2.38. The summed E-state index contributed by atoms with van der Waals surface area (Å²) in [5.74, 6) is -0.400. The number of halogens is 3. The van der Waals surface area contributed by atoms with Crippen LogP contribution in [0.5, 0.6) is 0 Å². The van der Waals surface area contributed by atoms with Gasteiger partial charge in [0.2, 0.25) is 0 Å². The van der Waals surface area contributed by atoms with Gasteiger partial charge in [-0.15, -0.1) is 24.0 Å². The number of nitrogens with one attached hydrogen (secondary N) is 2.